The zero-order valence-corrected chi connectivity index (χ0v) is 7.33. The summed E-state index contributed by atoms with van der Waals surface area (Å²) in [6, 6.07) is 7.43. The van der Waals surface area contributed by atoms with Crippen molar-refractivity contribution >= 4 is 17.5 Å². The van der Waals surface area contributed by atoms with E-state index >= 15 is 0 Å². The van der Waals surface area contributed by atoms with Crippen LogP contribution in [0.15, 0.2) is 24.3 Å². The molecule has 4 nitrogen and oxygen atoms in total. The fraction of sp³-hybridized carbons (Fsp3) is 0.200. The third-order valence-corrected chi connectivity index (χ3v) is 2.80. The molecule has 0 unspecified atom stereocenters. The van der Waals surface area contributed by atoms with Crippen LogP contribution < -0.4 is 10.6 Å². The van der Waals surface area contributed by atoms with Crippen LogP contribution in [0, 0.1) is 0 Å². The highest BCUT2D eigenvalue weighted by Gasteiger charge is 2.55. The molecular formula is C10H8N2O2. The Labute approximate surface area is 80.3 Å². The van der Waals surface area contributed by atoms with Crippen LogP contribution in [0.4, 0.5) is 5.69 Å². The van der Waals surface area contributed by atoms with Gasteiger partial charge in [-0.2, -0.15) is 0 Å². The standard InChI is InChI=1S/C10H8N2O2/c13-8-5-10(12-8)6-3-1-2-4-7(6)11-9(10)14/h1-4H,5H2,(H,11,14)(H,12,13)/t10-/m1/s1. The SMILES string of the molecule is O=C1C[C@]2(N1)C(=O)Nc1ccccc12. The number of hydrogen-bond donors (Lipinski definition) is 2. The summed E-state index contributed by atoms with van der Waals surface area (Å²) in [6.07, 6.45) is 0.260. The van der Waals surface area contributed by atoms with E-state index in [0.717, 1.165) is 11.3 Å². The molecule has 0 aromatic heterocycles. The average molecular weight is 188 g/mol. The molecule has 14 heavy (non-hydrogen) atoms. The first-order chi connectivity index (χ1) is 6.72. The quantitative estimate of drug-likeness (QED) is 0.577. The summed E-state index contributed by atoms with van der Waals surface area (Å²) in [4.78, 5) is 22.6. The second-order valence-corrected chi connectivity index (χ2v) is 3.63. The van der Waals surface area contributed by atoms with Crippen molar-refractivity contribution in [2.75, 3.05) is 5.32 Å². The molecule has 1 aromatic carbocycles. The minimum Gasteiger partial charge on any atom is -0.337 e. The van der Waals surface area contributed by atoms with Crippen LogP contribution in [-0.4, -0.2) is 11.8 Å². The van der Waals surface area contributed by atoms with Gasteiger partial charge in [-0.1, -0.05) is 18.2 Å². The molecule has 2 aliphatic heterocycles. The van der Waals surface area contributed by atoms with Gasteiger partial charge in [-0.15, -0.1) is 0 Å². The monoisotopic (exact) mass is 188 g/mol. The highest BCUT2D eigenvalue weighted by Crippen LogP contribution is 2.42. The molecule has 70 valence electrons. The molecule has 0 saturated carbocycles. The Bertz CT molecular complexity index is 445. The molecule has 0 radical (unpaired) electrons. The summed E-state index contributed by atoms with van der Waals surface area (Å²) in [6.45, 7) is 0. The van der Waals surface area contributed by atoms with Gasteiger partial charge in [0.15, 0.2) is 5.54 Å². The largest absolute Gasteiger partial charge is 0.337 e. The van der Waals surface area contributed by atoms with Gasteiger partial charge in [0.05, 0.1) is 6.42 Å². The third kappa shape index (κ3) is 0.690. The van der Waals surface area contributed by atoms with Gasteiger partial charge in [0.25, 0.3) is 5.91 Å². The molecule has 0 aliphatic carbocycles. The van der Waals surface area contributed by atoms with Crippen LogP contribution in [0.5, 0.6) is 0 Å². The molecule has 4 heteroatoms. The molecule has 2 heterocycles. The molecule has 3 rings (SSSR count). The van der Waals surface area contributed by atoms with Gasteiger partial charge in [-0.05, 0) is 6.07 Å². The van der Waals surface area contributed by atoms with Crippen molar-refractivity contribution < 1.29 is 9.59 Å². The lowest BCUT2D eigenvalue weighted by Gasteiger charge is -2.36. The fourth-order valence-electron chi connectivity index (χ4n) is 2.08. The Morgan fingerprint density at radius 2 is 1.93 bits per heavy atom. The van der Waals surface area contributed by atoms with Gasteiger partial charge in [0.2, 0.25) is 5.91 Å². The molecule has 2 N–H and O–H groups in total. The van der Waals surface area contributed by atoms with Gasteiger partial charge in [0, 0.05) is 11.3 Å². The number of anilines is 1. The number of β-lactam (4-membered cyclic amide) rings is 1. The number of nitrogens with one attached hydrogen (secondary N) is 2. The maximum atomic E-state index is 11.7. The maximum absolute atomic E-state index is 11.7. The lowest BCUT2D eigenvalue weighted by molar-refractivity contribution is -0.141. The van der Waals surface area contributed by atoms with E-state index < -0.39 is 5.54 Å². The van der Waals surface area contributed by atoms with Crippen LogP contribution in [0.25, 0.3) is 0 Å². The number of fused-ring (bicyclic) bond motifs is 2. The van der Waals surface area contributed by atoms with Crippen molar-refractivity contribution in [1.29, 1.82) is 0 Å². The first-order valence-electron chi connectivity index (χ1n) is 4.44. The number of rotatable bonds is 0. The number of carbonyl (C=O) groups excluding carboxylic acids is 2. The van der Waals surface area contributed by atoms with Crippen molar-refractivity contribution in [3.8, 4) is 0 Å². The van der Waals surface area contributed by atoms with Crippen molar-refractivity contribution in [2.24, 2.45) is 0 Å². The van der Waals surface area contributed by atoms with Crippen LogP contribution in [-0.2, 0) is 15.1 Å². The van der Waals surface area contributed by atoms with E-state index in [9.17, 15) is 9.59 Å². The van der Waals surface area contributed by atoms with Gasteiger partial charge in [-0.25, -0.2) is 0 Å². The van der Waals surface area contributed by atoms with E-state index in [1.54, 1.807) is 0 Å². The van der Waals surface area contributed by atoms with Crippen molar-refractivity contribution in [2.45, 2.75) is 12.0 Å². The number of carbonyl (C=O) groups is 2. The lowest BCUT2D eigenvalue weighted by Crippen LogP contribution is -2.62. The molecule has 1 aromatic rings. The van der Waals surface area contributed by atoms with Crippen LogP contribution in [0.2, 0.25) is 0 Å². The van der Waals surface area contributed by atoms with E-state index in [-0.39, 0.29) is 18.2 Å². The number of benzene rings is 1. The predicted molar refractivity (Wildman–Crippen MR) is 49.5 cm³/mol. The first-order valence-corrected chi connectivity index (χ1v) is 4.44. The Hall–Kier alpha value is -1.84. The zero-order chi connectivity index (χ0) is 9.76. The second kappa shape index (κ2) is 2.15. The van der Waals surface area contributed by atoms with E-state index in [0.29, 0.717) is 0 Å². The fourth-order valence-corrected chi connectivity index (χ4v) is 2.08. The Kier molecular flexibility index (Phi) is 1.16. The molecule has 1 fully saturated rings. The molecule has 1 spiro atoms. The third-order valence-electron chi connectivity index (χ3n) is 2.80. The highest BCUT2D eigenvalue weighted by molar-refractivity contribution is 6.13. The van der Waals surface area contributed by atoms with E-state index in [1.165, 1.54) is 0 Å². The van der Waals surface area contributed by atoms with Crippen molar-refractivity contribution in [1.82, 2.24) is 5.32 Å². The summed E-state index contributed by atoms with van der Waals surface area (Å²) >= 11 is 0. The second-order valence-electron chi connectivity index (χ2n) is 3.63. The van der Waals surface area contributed by atoms with Crippen molar-refractivity contribution in [3.05, 3.63) is 29.8 Å². The number of hydrogen-bond acceptors (Lipinski definition) is 2. The normalized spacial score (nSPS) is 28.0. The van der Waals surface area contributed by atoms with E-state index in [1.807, 2.05) is 24.3 Å². The molecule has 0 bridgehead atoms. The summed E-state index contributed by atoms with van der Waals surface area (Å²) < 4.78 is 0. The summed E-state index contributed by atoms with van der Waals surface area (Å²) in [7, 11) is 0. The number of amides is 2. The first kappa shape index (κ1) is 7.55. The van der Waals surface area contributed by atoms with Crippen molar-refractivity contribution in [3.63, 3.8) is 0 Å². The zero-order valence-electron chi connectivity index (χ0n) is 7.33. The molecule has 2 aliphatic rings. The highest BCUT2D eigenvalue weighted by atomic mass is 16.2. The van der Waals surface area contributed by atoms with Gasteiger partial charge >= 0.3 is 0 Å². The average Bonchev–Trinajstić information content (AvgIpc) is 2.40. The molecular weight excluding hydrogens is 180 g/mol. The van der Waals surface area contributed by atoms with Crippen LogP contribution >= 0.6 is 0 Å². The lowest BCUT2D eigenvalue weighted by atomic mass is 9.81. The smallest absolute Gasteiger partial charge is 0.255 e. The van der Waals surface area contributed by atoms with Gasteiger partial charge in [-0.3, -0.25) is 9.59 Å². The summed E-state index contributed by atoms with van der Waals surface area (Å²) in [5.41, 5.74) is 0.912. The summed E-state index contributed by atoms with van der Waals surface area (Å²) in [5, 5.41) is 5.43. The Morgan fingerprint density at radius 1 is 1.21 bits per heavy atom. The van der Waals surface area contributed by atoms with Gasteiger partial charge < -0.3 is 10.6 Å². The minimum absolute atomic E-state index is 0.0724. The predicted octanol–water partition coefficient (Wildman–Crippen LogP) is 0.354. The number of para-hydroxylation sites is 1. The minimum atomic E-state index is -0.770. The summed E-state index contributed by atoms with van der Waals surface area (Å²) in [5.74, 6) is -0.199. The van der Waals surface area contributed by atoms with E-state index in [2.05, 4.69) is 10.6 Å². The molecule has 1 atom stereocenters. The Morgan fingerprint density at radius 3 is 2.64 bits per heavy atom. The van der Waals surface area contributed by atoms with Crippen LogP contribution in [0.3, 0.4) is 0 Å². The molecule has 1 saturated heterocycles. The Balaban J connectivity index is 2.16. The molecule has 2 amide bonds. The van der Waals surface area contributed by atoms with E-state index in [4.69, 9.17) is 0 Å². The maximum Gasteiger partial charge on any atom is 0.255 e. The topological polar surface area (TPSA) is 58.2 Å². The van der Waals surface area contributed by atoms with Gasteiger partial charge in [0.1, 0.15) is 0 Å². The van der Waals surface area contributed by atoms with Crippen LogP contribution in [0.1, 0.15) is 12.0 Å².